The molecule has 0 unspecified atom stereocenters. The number of hydrogen-bond donors (Lipinski definition) is 2. The normalized spacial score (nSPS) is 17.5. The van der Waals surface area contributed by atoms with E-state index in [-0.39, 0.29) is 31.9 Å². The largest absolute Gasteiger partial charge is 0.509 e. The predicted octanol–water partition coefficient (Wildman–Crippen LogP) is 19.0. The Kier molecular flexibility index (Phi) is 17.5. The average Bonchev–Trinajstić information content (AvgIpc) is 1.64. The third-order valence-corrected chi connectivity index (χ3v) is 17.0. The first-order valence-electron chi connectivity index (χ1n) is 30.5. The standard InChI is InChI=1S/C80H69B2N6O.Pt/c1-78(2,3)60-35-38-72-67(49-60)66-37-36-64(54-75(66)88(72)76-52-61(39-46-85-76)80(7,58-27-13-9-14-28-58)59-29-15-10-16-30-59)89-65-48-57(56-25-11-8-12-26-56)47-63(53-65)86-55-87(74-34-18-17-33-73(74)86)77-68(70-31-23-44-83-42-21-19-40-81-70)50-62(79(4,5)6)51-69(77)71-32-24-45-84-43-22-20-41-82-71;/h8-52,55,83-84H,1-7H3;/q-3;/b40-19-,41-20-,42-21-,43-22-,44-23-,45-24-,70-31-,71-32-;. The summed E-state index contributed by atoms with van der Waals surface area (Å²) < 4.78 is 9.42. The zero-order chi connectivity index (χ0) is 61.1. The van der Waals surface area contributed by atoms with Gasteiger partial charge in [0.15, 0.2) is 14.6 Å². The molecule has 10 aromatic rings. The number of anilines is 4. The Bertz CT molecular complexity index is 4430. The number of ether oxygens (including phenoxy) is 1. The van der Waals surface area contributed by atoms with Crippen LogP contribution in [0, 0.1) is 18.8 Å². The van der Waals surface area contributed by atoms with Crippen LogP contribution in [-0.4, -0.2) is 24.1 Å². The zero-order valence-electron chi connectivity index (χ0n) is 51.7. The Morgan fingerprint density at radius 1 is 0.478 bits per heavy atom. The van der Waals surface area contributed by atoms with Crippen molar-refractivity contribution in [2.45, 2.75) is 64.7 Å². The van der Waals surface area contributed by atoms with Gasteiger partial charge in [-0.15, -0.1) is 65.6 Å². The minimum Gasteiger partial charge on any atom is -0.509 e. The predicted molar refractivity (Wildman–Crippen MR) is 374 cm³/mol. The number of benzene rings is 8. The second-order valence-electron chi connectivity index (χ2n) is 24.9. The van der Waals surface area contributed by atoms with E-state index in [0.29, 0.717) is 11.5 Å². The van der Waals surface area contributed by atoms with Crippen LogP contribution in [0.2, 0.25) is 0 Å². The quantitative estimate of drug-likeness (QED) is 0.0994. The number of hydrogen-bond acceptors (Lipinski definition) is 6. The number of nitrogens with zero attached hydrogens (tertiary/aromatic N) is 4. The van der Waals surface area contributed by atoms with Gasteiger partial charge in [-0.25, -0.2) is 4.98 Å². The Labute approximate surface area is 546 Å². The van der Waals surface area contributed by atoms with Crippen LogP contribution in [0.15, 0.2) is 274 Å². The van der Waals surface area contributed by atoms with Crippen molar-refractivity contribution in [3.05, 3.63) is 331 Å². The SMILES string of the molecule is CC(C)(C)c1cc(/C2=C/C=C\N/C=C\C=C/[B]2)c(N2[CH-]N(c3[c-]c(Oc4[c-]c5c(cc4)c4cc(C(C)(C)C)ccc4n5-c4cc(C(C)(c5ccccc5)c5ccccc5)ccn4)cc(-c4ccccc4)c3)c3ccccc32)c(/C2=C/C=C\N/C=C\C=C/[B]2)c1.[Pt]. The summed E-state index contributed by atoms with van der Waals surface area (Å²) in [6.45, 7) is 18.2. The van der Waals surface area contributed by atoms with Gasteiger partial charge in [-0.05, 0) is 134 Å². The summed E-state index contributed by atoms with van der Waals surface area (Å²) in [5, 5.41) is 8.74. The van der Waals surface area contributed by atoms with Gasteiger partial charge < -0.3 is 29.7 Å². The van der Waals surface area contributed by atoms with Crippen molar-refractivity contribution in [1.82, 2.24) is 20.2 Å². The molecule has 8 aromatic carbocycles. The van der Waals surface area contributed by atoms with Gasteiger partial charge in [-0.2, -0.15) is 6.07 Å². The molecule has 2 aromatic heterocycles. The smallest absolute Gasteiger partial charge is 0.182 e. The second kappa shape index (κ2) is 25.9. The maximum Gasteiger partial charge on any atom is 0.182 e. The van der Waals surface area contributed by atoms with E-state index >= 15 is 0 Å². The van der Waals surface area contributed by atoms with Gasteiger partial charge in [0, 0.05) is 91.6 Å². The van der Waals surface area contributed by atoms with Crippen LogP contribution in [0.3, 0.4) is 0 Å². The van der Waals surface area contributed by atoms with Crippen LogP contribution in [0.5, 0.6) is 11.5 Å². The molecule has 13 rings (SSSR count). The monoisotopic (exact) mass is 1350 g/mol. The summed E-state index contributed by atoms with van der Waals surface area (Å²) in [4.78, 5) is 9.77. The third kappa shape index (κ3) is 12.3. The van der Waals surface area contributed by atoms with Gasteiger partial charge in [-0.1, -0.05) is 198 Å². The molecule has 90 heavy (non-hydrogen) atoms. The molecule has 0 aliphatic carbocycles. The Balaban J connectivity index is 0.00000785. The van der Waals surface area contributed by atoms with Crippen LogP contribution >= 0.6 is 0 Å². The van der Waals surface area contributed by atoms with Crippen molar-refractivity contribution in [2.75, 3.05) is 9.80 Å². The fourth-order valence-electron chi connectivity index (χ4n) is 12.1. The molecule has 3 aliphatic heterocycles. The minimum absolute atomic E-state index is 0. The minimum atomic E-state index is -0.484. The zero-order valence-corrected chi connectivity index (χ0v) is 54.0. The molecule has 0 bridgehead atoms. The van der Waals surface area contributed by atoms with Gasteiger partial charge in [0.1, 0.15) is 5.82 Å². The first kappa shape index (κ1) is 60.7. The number of aromatic nitrogens is 2. The molecular formula is C80H69B2N6OPt-3. The molecule has 3 aliphatic rings. The average molecular weight is 1350 g/mol. The molecule has 0 atom stereocenters. The van der Waals surface area contributed by atoms with E-state index in [2.05, 4.69) is 331 Å². The van der Waals surface area contributed by atoms with Crippen molar-refractivity contribution in [2.24, 2.45) is 0 Å². The van der Waals surface area contributed by atoms with Gasteiger partial charge in [0.05, 0.1) is 0 Å². The molecule has 2 N–H and O–H groups in total. The molecule has 2 radical (unpaired) electrons. The van der Waals surface area contributed by atoms with E-state index in [1.54, 1.807) is 0 Å². The van der Waals surface area contributed by atoms with Crippen molar-refractivity contribution < 1.29 is 25.8 Å². The van der Waals surface area contributed by atoms with Crippen molar-refractivity contribution in [1.29, 1.82) is 0 Å². The van der Waals surface area contributed by atoms with Crippen LogP contribution in [0.1, 0.15) is 87.4 Å². The second-order valence-corrected chi connectivity index (χ2v) is 24.9. The summed E-state index contributed by atoms with van der Waals surface area (Å²) >= 11 is 0. The molecular weight excluding hydrogens is 1280 g/mol. The van der Waals surface area contributed by atoms with Gasteiger partial charge in [-0.3, -0.25) is 0 Å². The number of rotatable bonds is 11. The summed E-state index contributed by atoms with van der Waals surface area (Å²) in [6, 6.07) is 72.8. The molecule has 444 valence electrons. The van der Waals surface area contributed by atoms with Crippen LogP contribution in [0.25, 0.3) is 49.7 Å². The van der Waals surface area contributed by atoms with Crippen LogP contribution < -0.4 is 25.2 Å². The Morgan fingerprint density at radius 3 is 1.67 bits per heavy atom. The van der Waals surface area contributed by atoms with Crippen molar-refractivity contribution in [3.8, 4) is 28.4 Å². The van der Waals surface area contributed by atoms with E-state index in [4.69, 9.17) is 9.72 Å². The fraction of sp³-hybridized carbons (Fsp3) is 0.125. The molecule has 5 heterocycles. The maximum absolute atomic E-state index is 7.16. The number of allylic oxidation sites excluding steroid dienone is 8. The van der Waals surface area contributed by atoms with Crippen molar-refractivity contribution in [3.63, 3.8) is 0 Å². The van der Waals surface area contributed by atoms with E-state index in [1.165, 1.54) is 22.3 Å². The molecule has 0 spiro atoms. The molecule has 10 heteroatoms. The summed E-state index contributed by atoms with van der Waals surface area (Å²) in [7, 11) is 4.40. The molecule has 7 nitrogen and oxygen atoms in total. The molecule has 0 saturated heterocycles. The fourth-order valence-corrected chi connectivity index (χ4v) is 12.1. The summed E-state index contributed by atoms with van der Waals surface area (Å²) in [6.07, 6.45) is 26.3. The topological polar surface area (TPSA) is 57.6 Å². The number of nitrogens with one attached hydrogen (secondary N) is 2. The summed E-state index contributed by atoms with van der Waals surface area (Å²) in [5.74, 6) is 6.09. The van der Waals surface area contributed by atoms with E-state index in [9.17, 15) is 0 Å². The van der Waals surface area contributed by atoms with Crippen LogP contribution in [0.4, 0.5) is 22.7 Å². The Morgan fingerprint density at radius 2 is 1.06 bits per heavy atom. The summed E-state index contributed by atoms with van der Waals surface area (Å²) in [5.41, 5.74) is 17.2. The van der Waals surface area contributed by atoms with Crippen LogP contribution in [-0.2, 0) is 37.3 Å². The first-order valence-corrected chi connectivity index (χ1v) is 30.5. The Hall–Kier alpha value is -9.55. The number of para-hydroxylation sites is 2. The first-order chi connectivity index (χ1) is 43.3. The molecule has 0 saturated carbocycles. The number of fused-ring (bicyclic) bond motifs is 4. The number of pyridine rings is 1. The van der Waals surface area contributed by atoms with Gasteiger partial charge in [0.25, 0.3) is 0 Å². The van der Waals surface area contributed by atoms with E-state index in [1.807, 2.05) is 49.2 Å². The molecule has 0 fully saturated rings. The molecule has 0 amide bonds. The maximum atomic E-state index is 7.16. The van der Waals surface area contributed by atoms with Crippen molar-refractivity contribution >= 4 is 70.1 Å². The van der Waals surface area contributed by atoms with E-state index < -0.39 is 5.41 Å². The van der Waals surface area contributed by atoms with Gasteiger partial charge >= 0.3 is 0 Å². The third-order valence-electron chi connectivity index (χ3n) is 17.0. The van der Waals surface area contributed by atoms with Gasteiger partial charge in [0.2, 0.25) is 0 Å². The van der Waals surface area contributed by atoms with E-state index in [0.717, 1.165) is 89.1 Å².